The molecule has 3 unspecified atom stereocenters. The van der Waals surface area contributed by atoms with Crippen molar-refractivity contribution in [2.75, 3.05) is 12.8 Å². The van der Waals surface area contributed by atoms with Crippen molar-refractivity contribution in [1.29, 1.82) is 0 Å². The second-order valence-corrected chi connectivity index (χ2v) is 9.67. The fraction of sp³-hybridized carbons (Fsp3) is 0.667. The number of hydrogen-bond acceptors (Lipinski definition) is 3. The van der Waals surface area contributed by atoms with Gasteiger partial charge in [-0.1, -0.05) is 38.5 Å². The minimum absolute atomic E-state index is 0.203. The van der Waals surface area contributed by atoms with Gasteiger partial charge >= 0.3 is 0 Å². The highest BCUT2D eigenvalue weighted by Gasteiger charge is 2.54. The van der Waals surface area contributed by atoms with Crippen molar-refractivity contribution in [2.24, 2.45) is 28.0 Å². The van der Waals surface area contributed by atoms with Crippen molar-refractivity contribution in [1.82, 2.24) is 0 Å². The summed E-state index contributed by atoms with van der Waals surface area (Å²) in [5, 5.41) is 11.3. The summed E-state index contributed by atoms with van der Waals surface area (Å²) in [6.07, 6.45) is 3.24. The Morgan fingerprint density at radius 3 is 2.50 bits per heavy atom. The second kappa shape index (κ2) is 5.64. The maximum absolute atomic E-state index is 13.3. The van der Waals surface area contributed by atoms with Crippen LogP contribution in [0.4, 0.5) is 0 Å². The number of aliphatic hydroxyl groups is 1. The van der Waals surface area contributed by atoms with Crippen LogP contribution in [0.3, 0.4) is 0 Å². The van der Waals surface area contributed by atoms with Crippen molar-refractivity contribution < 1.29 is 9.32 Å². The predicted molar refractivity (Wildman–Crippen MR) is 90.2 cm³/mol. The molecule has 122 valence electrons. The fourth-order valence-corrected chi connectivity index (χ4v) is 6.83. The van der Waals surface area contributed by atoms with Crippen LogP contribution in [0.2, 0.25) is 0 Å². The van der Waals surface area contributed by atoms with Gasteiger partial charge in [0.05, 0.1) is 21.1 Å². The first kappa shape index (κ1) is 16.0. The lowest BCUT2D eigenvalue weighted by atomic mass is 9.87. The fourth-order valence-electron chi connectivity index (χ4n) is 4.69. The van der Waals surface area contributed by atoms with Gasteiger partial charge in [0, 0.05) is 11.9 Å². The van der Waals surface area contributed by atoms with E-state index in [2.05, 4.69) is 18.2 Å². The summed E-state index contributed by atoms with van der Waals surface area (Å²) in [6.45, 7) is 4.44. The normalized spacial score (nSPS) is 40.2. The van der Waals surface area contributed by atoms with Gasteiger partial charge in [-0.05, 0) is 48.6 Å². The molecule has 0 spiro atoms. The molecule has 0 aliphatic heterocycles. The van der Waals surface area contributed by atoms with Crippen molar-refractivity contribution in [3.8, 4) is 0 Å². The lowest BCUT2D eigenvalue weighted by Gasteiger charge is -2.31. The van der Waals surface area contributed by atoms with E-state index >= 15 is 0 Å². The third kappa shape index (κ3) is 2.50. The van der Waals surface area contributed by atoms with Crippen LogP contribution in [0.25, 0.3) is 0 Å². The predicted octanol–water partition coefficient (Wildman–Crippen LogP) is 3.58. The van der Waals surface area contributed by atoms with E-state index in [1.165, 1.54) is 12.8 Å². The Balaban J connectivity index is 1.90. The molecule has 1 N–H and O–H groups in total. The first-order valence-corrected chi connectivity index (χ1v) is 9.98. The van der Waals surface area contributed by atoms with Gasteiger partial charge in [-0.3, -0.25) is 0 Å². The molecule has 6 atom stereocenters. The molecule has 1 aromatic carbocycles. The molecule has 0 saturated heterocycles. The molecule has 2 aliphatic rings. The zero-order valence-corrected chi connectivity index (χ0v) is 14.6. The van der Waals surface area contributed by atoms with Gasteiger partial charge < -0.3 is 5.11 Å². The molecule has 0 aromatic heterocycles. The van der Waals surface area contributed by atoms with Crippen LogP contribution in [0.5, 0.6) is 0 Å². The molecule has 3 rings (SSSR count). The summed E-state index contributed by atoms with van der Waals surface area (Å²) in [7, 11) is -0.941. The lowest BCUT2D eigenvalue weighted by Crippen LogP contribution is -2.41. The van der Waals surface area contributed by atoms with Crippen LogP contribution >= 0.6 is 0 Å². The lowest BCUT2D eigenvalue weighted by molar-refractivity contribution is 0.0186. The largest absolute Gasteiger partial charge is 0.389 e. The van der Waals surface area contributed by atoms with Crippen LogP contribution in [-0.4, -0.2) is 27.7 Å². The maximum atomic E-state index is 13.3. The zero-order chi connectivity index (χ0) is 16.0. The van der Waals surface area contributed by atoms with Crippen molar-refractivity contribution >= 4 is 9.73 Å². The SMILES string of the molecule is CN=S(=O)(C[C@]1(O)CC2C(CC[C@@H]2C)[C@H]1C)c1ccccc1. The maximum Gasteiger partial charge on any atom is 0.0805 e. The molecule has 2 fully saturated rings. The smallest absolute Gasteiger partial charge is 0.0805 e. The first-order chi connectivity index (χ1) is 10.4. The Hall–Kier alpha value is -0.870. The summed E-state index contributed by atoms with van der Waals surface area (Å²) in [5.41, 5.74) is -0.851. The monoisotopic (exact) mass is 321 g/mol. The minimum atomic E-state index is -2.55. The topological polar surface area (TPSA) is 49.7 Å². The van der Waals surface area contributed by atoms with E-state index in [0.29, 0.717) is 17.8 Å². The Kier molecular flexibility index (Phi) is 4.11. The van der Waals surface area contributed by atoms with Crippen LogP contribution in [-0.2, 0) is 9.73 Å². The van der Waals surface area contributed by atoms with E-state index < -0.39 is 15.3 Å². The Labute approximate surface area is 134 Å². The van der Waals surface area contributed by atoms with Crippen LogP contribution in [0, 0.1) is 23.7 Å². The van der Waals surface area contributed by atoms with Crippen LogP contribution in [0.1, 0.15) is 33.1 Å². The van der Waals surface area contributed by atoms with E-state index in [-0.39, 0.29) is 11.7 Å². The van der Waals surface area contributed by atoms with Gasteiger partial charge in [-0.15, -0.1) is 0 Å². The summed E-state index contributed by atoms with van der Waals surface area (Å²) < 4.78 is 17.6. The molecule has 22 heavy (non-hydrogen) atoms. The van der Waals surface area contributed by atoms with Gasteiger partial charge in [-0.25, -0.2) is 8.57 Å². The molecule has 0 radical (unpaired) electrons. The van der Waals surface area contributed by atoms with Gasteiger partial charge in [0.15, 0.2) is 0 Å². The number of nitrogens with zero attached hydrogens (tertiary/aromatic N) is 1. The highest BCUT2D eigenvalue weighted by Crippen LogP contribution is 2.55. The molecular formula is C18H27NO2S. The number of fused-ring (bicyclic) bond motifs is 1. The van der Waals surface area contributed by atoms with E-state index in [9.17, 15) is 9.32 Å². The first-order valence-electron chi connectivity index (χ1n) is 8.30. The van der Waals surface area contributed by atoms with Gasteiger partial charge in [0.1, 0.15) is 0 Å². The highest BCUT2D eigenvalue weighted by atomic mass is 32.2. The molecule has 3 nitrogen and oxygen atoms in total. The third-order valence-electron chi connectivity index (χ3n) is 6.17. The Morgan fingerprint density at radius 1 is 1.23 bits per heavy atom. The molecule has 2 aliphatic carbocycles. The van der Waals surface area contributed by atoms with Crippen molar-refractivity contribution in [2.45, 2.75) is 43.6 Å². The molecular weight excluding hydrogens is 294 g/mol. The summed E-state index contributed by atoms with van der Waals surface area (Å²) in [6, 6.07) is 9.42. The Morgan fingerprint density at radius 2 is 1.91 bits per heavy atom. The summed E-state index contributed by atoms with van der Waals surface area (Å²) >= 11 is 0. The van der Waals surface area contributed by atoms with E-state index in [1.54, 1.807) is 7.05 Å². The Bertz CT molecular complexity index is 650. The molecule has 4 heteroatoms. The van der Waals surface area contributed by atoms with Crippen LogP contribution in [0.15, 0.2) is 39.6 Å². The van der Waals surface area contributed by atoms with Gasteiger partial charge in [0.2, 0.25) is 0 Å². The second-order valence-electron chi connectivity index (χ2n) is 7.26. The average molecular weight is 321 g/mol. The van der Waals surface area contributed by atoms with Crippen molar-refractivity contribution in [3.63, 3.8) is 0 Å². The third-order valence-corrected chi connectivity index (χ3v) is 8.66. The quantitative estimate of drug-likeness (QED) is 0.925. The van der Waals surface area contributed by atoms with E-state index in [4.69, 9.17) is 0 Å². The van der Waals surface area contributed by atoms with Gasteiger partial charge in [0.25, 0.3) is 0 Å². The zero-order valence-electron chi connectivity index (χ0n) is 13.7. The molecule has 0 bridgehead atoms. The molecule has 1 aromatic rings. The number of rotatable bonds is 3. The highest BCUT2D eigenvalue weighted by molar-refractivity contribution is 7.93. The summed E-state index contributed by atoms with van der Waals surface area (Å²) in [5.74, 6) is 2.30. The number of benzene rings is 1. The standard InChI is InChI=1S/C18H27NO2S/c1-13-9-10-16-14(2)18(20,11-17(13)16)12-22(21,19-3)15-7-5-4-6-8-15/h4-8,13-14,16-17,20H,9-12H2,1-3H3/t13-,14+,16?,17?,18+,22?/m0/s1. The van der Waals surface area contributed by atoms with E-state index in [0.717, 1.165) is 11.3 Å². The summed E-state index contributed by atoms with van der Waals surface area (Å²) in [4.78, 5) is 0.739. The molecule has 0 heterocycles. The molecule has 2 saturated carbocycles. The number of hydrogen-bond donors (Lipinski definition) is 1. The average Bonchev–Trinajstić information content (AvgIpc) is 2.99. The van der Waals surface area contributed by atoms with Gasteiger partial charge in [-0.2, -0.15) is 0 Å². The van der Waals surface area contributed by atoms with Crippen LogP contribution < -0.4 is 0 Å². The minimum Gasteiger partial charge on any atom is -0.389 e. The molecule has 0 amide bonds. The van der Waals surface area contributed by atoms with Crippen molar-refractivity contribution in [3.05, 3.63) is 30.3 Å². The van der Waals surface area contributed by atoms with E-state index in [1.807, 2.05) is 30.3 Å².